The molecule has 0 aliphatic rings. The molecule has 0 aliphatic carbocycles. The van der Waals surface area contributed by atoms with Crippen molar-refractivity contribution in [3.05, 3.63) is 29.8 Å². The second-order valence-electron chi connectivity index (χ2n) is 3.47. The van der Waals surface area contributed by atoms with E-state index in [1.165, 1.54) is 5.56 Å². The van der Waals surface area contributed by atoms with E-state index in [-0.39, 0.29) is 0 Å². The van der Waals surface area contributed by atoms with Crippen molar-refractivity contribution in [2.45, 2.75) is 32.2 Å². The maximum atomic E-state index is 5.91. The molecular weight excluding hydrogens is 228 g/mol. The second-order valence-corrected chi connectivity index (χ2v) is 4.26. The number of nitrogens with zero attached hydrogens (tertiary/aromatic N) is 1. The Balaban J connectivity index is 0.000000686. The van der Waals surface area contributed by atoms with Crippen molar-refractivity contribution in [2.24, 2.45) is 0 Å². The summed E-state index contributed by atoms with van der Waals surface area (Å²) in [5.41, 5.74) is 9.01. The van der Waals surface area contributed by atoms with Crippen LogP contribution >= 0.6 is 11.8 Å². The van der Waals surface area contributed by atoms with Crippen molar-refractivity contribution < 1.29 is 0 Å². The summed E-state index contributed by atoms with van der Waals surface area (Å²) < 4.78 is 0. The van der Waals surface area contributed by atoms with Crippen LogP contribution in [0.3, 0.4) is 0 Å². The molecule has 0 unspecified atom stereocenters. The van der Waals surface area contributed by atoms with Gasteiger partial charge in [0, 0.05) is 5.39 Å². The van der Waals surface area contributed by atoms with E-state index >= 15 is 0 Å². The van der Waals surface area contributed by atoms with E-state index in [1.807, 2.05) is 26.2 Å². The maximum Gasteiger partial charge on any atom is 0.119 e. The Morgan fingerprint density at radius 3 is 2.53 bits per heavy atom. The highest BCUT2D eigenvalue weighted by molar-refractivity contribution is 7.98. The van der Waals surface area contributed by atoms with E-state index in [0.717, 1.165) is 28.0 Å². The molecule has 0 saturated heterocycles. The number of anilines is 1. The van der Waals surface area contributed by atoms with Gasteiger partial charge in [-0.05, 0) is 36.4 Å². The van der Waals surface area contributed by atoms with Crippen LogP contribution in [0.4, 0.5) is 5.69 Å². The van der Waals surface area contributed by atoms with Gasteiger partial charge < -0.3 is 5.73 Å². The maximum absolute atomic E-state index is 5.91. The van der Waals surface area contributed by atoms with Gasteiger partial charge in [-0.2, -0.15) is 0 Å². The number of aryl methyl sites for hydroxylation is 1. The van der Waals surface area contributed by atoms with E-state index in [2.05, 4.69) is 30.1 Å². The molecule has 3 heteroatoms. The van der Waals surface area contributed by atoms with Crippen molar-refractivity contribution in [3.63, 3.8) is 0 Å². The molecule has 2 aromatic rings. The van der Waals surface area contributed by atoms with Gasteiger partial charge in [-0.1, -0.05) is 26.8 Å². The first-order valence-electron chi connectivity index (χ1n) is 5.97. The van der Waals surface area contributed by atoms with Gasteiger partial charge in [0.05, 0.1) is 11.2 Å². The predicted octanol–water partition coefficient (Wildman–Crippen LogP) is 4.13. The zero-order valence-corrected chi connectivity index (χ0v) is 11.8. The first kappa shape index (κ1) is 13.8. The number of pyridine rings is 1. The highest BCUT2D eigenvalue weighted by atomic mass is 32.2. The summed E-state index contributed by atoms with van der Waals surface area (Å²) in [4.78, 5) is 4.51. The van der Waals surface area contributed by atoms with E-state index in [4.69, 9.17) is 5.73 Å². The predicted molar refractivity (Wildman–Crippen MR) is 78.7 cm³/mol. The van der Waals surface area contributed by atoms with Gasteiger partial charge in [0.15, 0.2) is 0 Å². The minimum Gasteiger partial charge on any atom is -0.397 e. The standard InChI is InChI=1S/C12H14N2S.C2H6/c1-3-8-4-5-11-9(6-8)7-10(13)12(14-11)15-2;1-2/h4-7H,3,13H2,1-2H3;1-2H3. The van der Waals surface area contributed by atoms with Crippen LogP contribution in [-0.2, 0) is 6.42 Å². The molecule has 0 spiro atoms. The van der Waals surface area contributed by atoms with E-state index in [9.17, 15) is 0 Å². The van der Waals surface area contributed by atoms with Gasteiger partial charge in [0.25, 0.3) is 0 Å². The zero-order chi connectivity index (χ0) is 12.8. The number of rotatable bonds is 2. The van der Waals surface area contributed by atoms with Gasteiger partial charge >= 0.3 is 0 Å². The SMILES string of the molecule is CC.CCc1ccc2nc(SC)c(N)cc2c1. The smallest absolute Gasteiger partial charge is 0.119 e. The number of hydrogen-bond donors (Lipinski definition) is 1. The molecule has 2 N–H and O–H groups in total. The van der Waals surface area contributed by atoms with E-state index in [1.54, 1.807) is 11.8 Å². The Morgan fingerprint density at radius 1 is 1.24 bits per heavy atom. The Labute approximate surface area is 108 Å². The van der Waals surface area contributed by atoms with Crippen LogP contribution in [0.1, 0.15) is 26.3 Å². The summed E-state index contributed by atoms with van der Waals surface area (Å²) in [6.45, 7) is 6.15. The van der Waals surface area contributed by atoms with Crippen LogP contribution in [-0.4, -0.2) is 11.2 Å². The van der Waals surface area contributed by atoms with Crippen molar-refractivity contribution in [3.8, 4) is 0 Å². The Hall–Kier alpha value is -1.22. The number of benzene rings is 1. The topological polar surface area (TPSA) is 38.9 Å². The molecule has 1 aromatic carbocycles. The Kier molecular flexibility index (Phi) is 5.29. The lowest BCUT2D eigenvalue weighted by Gasteiger charge is -2.05. The highest BCUT2D eigenvalue weighted by Crippen LogP contribution is 2.25. The monoisotopic (exact) mass is 248 g/mol. The highest BCUT2D eigenvalue weighted by Gasteiger charge is 2.03. The molecule has 1 heterocycles. The van der Waals surface area contributed by atoms with Gasteiger partial charge in [0.1, 0.15) is 5.03 Å². The van der Waals surface area contributed by atoms with Crippen molar-refractivity contribution >= 4 is 28.4 Å². The number of nitrogens with two attached hydrogens (primary N) is 1. The molecule has 0 fully saturated rings. The fourth-order valence-electron chi connectivity index (χ4n) is 1.61. The molecule has 1 aromatic heterocycles. The van der Waals surface area contributed by atoms with Crippen molar-refractivity contribution in [1.29, 1.82) is 0 Å². The molecule has 2 nitrogen and oxygen atoms in total. The minimum absolute atomic E-state index is 0.767. The van der Waals surface area contributed by atoms with E-state index in [0.29, 0.717) is 0 Å². The number of thioether (sulfide) groups is 1. The minimum atomic E-state index is 0.767. The average molecular weight is 248 g/mol. The summed E-state index contributed by atoms with van der Waals surface area (Å²) >= 11 is 1.58. The van der Waals surface area contributed by atoms with Crippen LogP contribution < -0.4 is 5.73 Å². The molecule has 0 radical (unpaired) electrons. The molecule has 0 atom stereocenters. The quantitative estimate of drug-likeness (QED) is 0.812. The van der Waals surface area contributed by atoms with Crippen molar-refractivity contribution in [1.82, 2.24) is 4.98 Å². The lowest BCUT2D eigenvalue weighted by Crippen LogP contribution is -1.93. The fraction of sp³-hybridized carbons (Fsp3) is 0.357. The molecule has 0 aliphatic heterocycles. The number of aromatic nitrogens is 1. The molecule has 2 rings (SSSR count). The number of hydrogen-bond acceptors (Lipinski definition) is 3. The average Bonchev–Trinajstić information content (AvgIpc) is 2.39. The van der Waals surface area contributed by atoms with Gasteiger partial charge in [-0.3, -0.25) is 0 Å². The largest absolute Gasteiger partial charge is 0.397 e. The molecule has 17 heavy (non-hydrogen) atoms. The van der Waals surface area contributed by atoms with Crippen LogP contribution in [0, 0.1) is 0 Å². The molecular formula is C14H20N2S. The van der Waals surface area contributed by atoms with Gasteiger partial charge in [-0.25, -0.2) is 4.98 Å². The molecule has 0 saturated carbocycles. The summed E-state index contributed by atoms with van der Waals surface area (Å²) in [5, 5.41) is 2.04. The summed E-state index contributed by atoms with van der Waals surface area (Å²) in [6.07, 6.45) is 3.03. The lowest BCUT2D eigenvalue weighted by molar-refractivity contribution is 1.14. The van der Waals surface area contributed by atoms with Crippen LogP contribution in [0.25, 0.3) is 10.9 Å². The van der Waals surface area contributed by atoms with E-state index < -0.39 is 0 Å². The first-order chi connectivity index (χ1) is 8.24. The van der Waals surface area contributed by atoms with Gasteiger partial charge in [-0.15, -0.1) is 11.8 Å². The third-order valence-corrected chi connectivity index (χ3v) is 3.19. The van der Waals surface area contributed by atoms with Crippen LogP contribution in [0.15, 0.2) is 29.3 Å². The summed E-state index contributed by atoms with van der Waals surface area (Å²) in [6, 6.07) is 8.35. The Morgan fingerprint density at radius 2 is 1.94 bits per heavy atom. The fourth-order valence-corrected chi connectivity index (χ4v) is 2.09. The Bertz CT molecular complexity index is 495. The molecule has 0 bridgehead atoms. The van der Waals surface area contributed by atoms with Gasteiger partial charge in [0.2, 0.25) is 0 Å². The summed E-state index contributed by atoms with van der Waals surface area (Å²) in [5.74, 6) is 0. The first-order valence-corrected chi connectivity index (χ1v) is 7.20. The molecule has 92 valence electrons. The summed E-state index contributed by atoms with van der Waals surface area (Å²) in [7, 11) is 0. The van der Waals surface area contributed by atoms with Crippen molar-refractivity contribution in [2.75, 3.05) is 12.0 Å². The lowest BCUT2D eigenvalue weighted by atomic mass is 10.1. The number of fused-ring (bicyclic) bond motifs is 1. The second kappa shape index (κ2) is 6.50. The zero-order valence-electron chi connectivity index (χ0n) is 10.9. The molecule has 0 amide bonds. The van der Waals surface area contributed by atoms with Crippen LogP contribution in [0.2, 0.25) is 0 Å². The number of nitrogen functional groups attached to an aromatic ring is 1. The third kappa shape index (κ3) is 3.13. The third-order valence-electron chi connectivity index (χ3n) is 2.47. The van der Waals surface area contributed by atoms with Crippen LogP contribution in [0.5, 0.6) is 0 Å². The normalized spacial score (nSPS) is 9.88.